The number of hydrogen-bond acceptors (Lipinski definition) is 4. The maximum absolute atomic E-state index is 11.7. The van der Waals surface area contributed by atoms with Gasteiger partial charge < -0.3 is 20.8 Å². The minimum Gasteiger partial charge on any atom is -0.481 e. The van der Waals surface area contributed by atoms with Crippen LogP contribution in [0.15, 0.2) is 11.4 Å². The molecule has 0 bridgehead atoms. The molecule has 4 N–H and O–H groups in total. The lowest BCUT2D eigenvalue weighted by Crippen LogP contribution is -2.45. The van der Waals surface area contributed by atoms with Crippen LogP contribution in [0.2, 0.25) is 0 Å². The number of amides is 2. The van der Waals surface area contributed by atoms with Crippen LogP contribution in [0, 0.1) is 0 Å². The number of carbonyl (C=O) groups is 3. The summed E-state index contributed by atoms with van der Waals surface area (Å²) >= 11 is 1.52. The second-order valence-electron chi connectivity index (χ2n) is 4.37. The number of hydrogen-bond donors (Lipinski definition) is 4. The van der Waals surface area contributed by atoms with Crippen LogP contribution < -0.4 is 10.6 Å². The van der Waals surface area contributed by atoms with Crippen LogP contribution in [0.4, 0.5) is 4.79 Å². The van der Waals surface area contributed by atoms with E-state index in [0.29, 0.717) is 6.54 Å². The highest BCUT2D eigenvalue weighted by molar-refractivity contribution is 7.10. The first kappa shape index (κ1) is 17.0. The first-order chi connectivity index (χ1) is 9.93. The molecule has 0 saturated heterocycles. The van der Waals surface area contributed by atoms with E-state index in [2.05, 4.69) is 10.6 Å². The summed E-state index contributed by atoms with van der Waals surface area (Å²) in [6.07, 6.45) is 0.387. The van der Waals surface area contributed by atoms with E-state index in [1.165, 1.54) is 11.3 Å². The Balaban J connectivity index is 2.46. The standard InChI is InChI=1S/C13H18N2O5S/c1-2-8-5-6-21-10(8)7-14-13(20)15-9(12(18)19)3-4-11(16)17/h5-6,9H,2-4,7H2,1H3,(H,16,17)(H,18,19)(H2,14,15,20). The Bertz CT molecular complexity index is 514. The Kier molecular flexibility index (Phi) is 6.67. The van der Waals surface area contributed by atoms with E-state index in [0.717, 1.165) is 16.9 Å². The molecular weight excluding hydrogens is 296 g/mol. The van der Waals surface area contributed by atoms with Crippen LogP contribution in [0.1, 0.15) is 30.2 Å². The number of carboxylic acids is 2. The first-order valence-electron chi connectivity index (χ1n) is 6.48. The van der Waals surface area contributed by atoms with Gasteiger partial charge in [0.2, 0.25) is 0 Å². The molecule has 0 aliphatic rings. The number of aryl methyl sites for hydroxylation is 1. The molecule has 1 atom stereocenters. The fourth-order valence-corrected chi connectivity index (χ4v) is 2.65. The average Bonchev–Trinajstić information content (AvgIpc) is 2.88. The van der Waals surface area contributed by atoms with Gasteiger partial charge in [-0.1, -0.05) is 6.92 Å². The molecule has 0 aliphatic heterocycles. The summed E-state index contributed by atoms with van der Waals surface area (Å²) in [6.45, 7) is 2.33. The Morgan fingerprint density at radius 1 is 1.33 bits per heavy atom. The zero-order valence-electron chi connectivity index (χ0n) is 11.6. The lowest BCUT2D eigenvalue weighted by atomic mass is 10.1. The van der Waals surface area contributed by atoms with Gasteiger partial charge in [-0.25, -0.2) is 9.59 Å². The summed E-state index contributed by atoms with van der Waals surface area (Å²) in [6, 6.07) is 0.144. The average molecular weight is 314 g/mol. The van der Waals surface area contributed by atoms with Crippen molar-refractivity contribution >= 4 is 29.3 Å². The normalized spacial score (nSPS) is 11.7. The molecule has 1 heterocycles. The lowest BCUT2D eigenvalue weighted by molar-refractivity contribution is -0.140. The van der Waals surface area contributed by atoms with E-state index >= 15 is 0 Å². The van der Waals surface area contributed by atoms with Gasteiger partial charge in [-0.15, -0.1) is 11.3 Å². The molecule has 1 aromatic heterocycles. The molecule has 0 aliphatic carbocycles. The van der Waals surface area contributed by atoms with Crippen LogP contribution in [0.25, 0.3) is 0 Å². The van der Waals surface area contributed by atoms with Crippen LogP contribution in [0.5, 0.6) is 0 Å². The van der Waals surface area contributed by atoms with Gasteiger partial charge in [-0.05, 0) is 29.9 Å². The Labute approximate surface area is 126 Å². The zero-order chi connectivity index (χ0) is 15.8. The number of carboxylic acid groups (broad SMARTS) is 2. The van der Waals surface area contributed by atoms with E-state index in [1.807, 2.05) is 18.4 Å². The molecule has 0 aromatic carbocycles. The summed E-state index contributed by atoms with van der Waals surface area (Å²) < 4.78 is 0. The van der Waals surface area contributed by atoms with Crippen LogP contribution in [-0.4, -0.2) is 34.2 Å². The highest BCUT2D eigenvalue weighted by Crippen LogP contribution is 2.16. The van der Waals surface area contributed by atoms with Crippen molar-refractivity contribution in [3.05, 3.63) is 21.9 Å². The summed E-state index contributed by atoms with van der Waals surface area (Å²) in [4.78, 5) is 34.1. The predicted molar refractivity (Wildman–Crippen MR) is 77.4 cm³/mol. The number of aliphatic carboxylic acids is 2. The molecular formula is C13H18N2O5S. The fourth-order valence-electron chi connectivity index (χ4n) is 1.73. The van der Waals surface area contributed by atoms with Gasteiger partial charge in [-0.3, -0.25) is 4.79 Å². The monoisotopic (exact) mass is 314 g/mol. The Hall–Kier alpha value is -2.09. The fraction of sp³-hybridized carbons (Fsp3) is 0.462. The van der Waals surface area contributed by atoms with Crippen molar-refractivity contribution in [1.82, 2.24) is 10.6 Å². The quantitative estimate of drug-likeness (QED) is 0.579. The Morgan fingerprint density at radius 2 is 2.05 bits per heavy atom. The number of thiophene rings is 1. The summed E-state index contributed by atoms with van der Waals surface area (Å²) in [5.74, 6) is -2.36. The second-order valence-corrected chi connectivity index (χ2v) is 5.37. The van der Waals surface area contributed by atoms with Gasteiger partial charge in [-0.2, -0.15) is 0 Å². The summed E-state index contributed by atoms with van der Waals surface area (Å²) in [5.41, 5.74) is 1.14. The van der Waals surface area contributed by atoms with Gasteiger partial charge in [0, 0.05) is 11.3 Å². The van der Waals surface area contributed by atoms with Gasteiger partial charge in [0.05, 0.1) is 6.54 Å². The van der Waals surface area contributed by atoms with Gasteiger partial charge in [0.15, 0.2) is 0 Å². The third-order valence-electron chi connectivity index (χ3n) is 2.88. The Morgan fingerprint density at radius 3 is 2.62 bits per heavy atom. The second kappa shape index (κ2) is 8.25. The topological polar surface area (TPSA) is 116 Å². The van der Waals surface area contributed by atoms with Crippen LogP contribution in [-0.2, 0) is 22.6 Å². The molecule has 0 spiro atoms. The zero-order valence-corrected chi connectivity index (χ0v) is 12.4. The van der Waals surface area contributed by atoms with Crippen molar-refractivity contribution in [3.8, 4) is 0 Å². The first-order valence-corrected chi connectivity index (χ1v) is 7.36. The highest BCUT2D eigenvalue weighted by Gasteiger charge is 2.20. The molecule has 0 radical (unpaired) electrons. The molecule has 1 unspecified atom stereocenters. The third kappa shape index (κ3) is 5.82. The van der Waals surface area contributed by atoms with Crippen molar-refractivity contribution in [2.75, 3.05) is 0 Å². The van der Waals surface area contributed by atoms with Gasteiger partial charge in [0.1, 0.15) is 6.04 Å². The molecule has 1 aromatic rings. The molecule has 2 amide bonds. The molecule has 8 heteroatoms. The minimum absolute atomic E-state index is 0.155. The van der Waals surface area contributed by atoms with Gasteiger partial charge >= 0.3 is 18.0 Å². The van der Waals surface area contributed by atoms with Gasteiger partial charge in [0.25, 0.3) is 0 Å². The van der Waals surface area contributed by atoms with E-state index in [4.69, 9.17) is 10.2 Å². The van der Waals surface area contributed by atoms with E-state index in [9.17, 15) is 14.4 Å². The molecule has 21 heavy (non-hydrogen) atoms. The van der Waals surface area contributed by atoms with Crippen molar-refractivity contribution < 1.29 is 24.6 Å². The number of urea groups is 1. The molecule has 116 valence electrons. The number of nitrogens with one attached hydrogen (secondary N) is 2. The number of carbonyl (C=O) groups excluding carboxylic acids is 1. The third-order valence-corrected chi connectivity index (χ3v) is 3.84. The molecule has 1 rings (SSSR count). The number of rotatable bonds is 8. The van der Waals surface area contributed by atoms with E-state index in [1.54, 1.807) is 0 Å². The van der Waals surface area contributed by atoms with Crippen molar-refractivity contribution in [3.63, 3.8) is 0 Å². The predicted octanol–water partition coefficient (Wildman–Crippen LogP) is 1.43. The van der Waals surface area contributed by atoms with Crippen molar-refractivity contribution in [2.24, 2.45) is 0 Å². The SMILES string of the molecule is CCc1ccsc1CNC(=O)NC(CCC(=O)O)C(=O)O. The molecule has 7 nitrogen and oxygen atoms in total. The summed E-state index contributed by atoms with van der Waals surface area (Å²) in [5, 5.41) is 24.3. The summed E-state index contributed by atoms with van der Waals surface area (Å²) in [7, 11) is 0. The highest BCUT2D eigenvalue weighted by atomic mass is 32.1. The minimum atomic E-state index is -1.25. The van der Waals surface area contributed by atoms with Crippen molar-refractivity contribution in [2.45, 2.75) is 38.8 Å². The molecule has 0 saturated carbocycles. The van der Waals surface area contributed by atoms with E-state index < -0.39 is 24.0 Å². The smallest absolute Gasteiger partial charge is 0.326 e. The maximum Gasteiger partial charge on any atom is 0.326 e. The lowest BCUT2D eigenvalue weighted by Gasteiger charge is -2.14. The maximum atomic E-state index is 11.7. The molecule has 0 fully saturated rings. The van der Waals surface area contributed by atoms with E-state index in [-0.39, 0.29) is 12.8 Å². The van der Waals surface area contributed by atoms with Crippen molar-refractivity contribution in [1.29, 1.82) is 0 Å². The largest absolute Gasteiger partial charge is 0.481 e. The van der Waals surface area contributed by atoms with Crippen LogP contribution in [0.3, 0.4) is 0 Å². The van der Waals surface area contributed by atoms with Crippen LogP contribution >= 0.6 is 11.3 Å².